The molecule has 5 heteroatoms. The van der Waals surface area contributed by atoms with Gasteiger partial charge in [0.25, 0.3) is 0 Å². The molecule has 1 heterocycles. The first kappa shape index (κ1) is 20.2. The third-order valence-electron chi connectivity index (χ3n) is 4.30. The van der Waals surface area contributed by atoms with E-state index in [0.717, 1.165) is 51.9 Å². The van der Waals surface area contributed by atoms with Crippen LogP contribution in [0.2, 0.25) is 0 Å². The second-order valence-corrected chi connectivity index (χ2v) is 6.90. The van der Waals surface area contributed by atoms with Crippen LogP contribution in [0.15, 0.2) is 4.99 Å². The van der Waals surface area contributed by atoms with Gasteiger partial charge in [0.1, 0.15) is 0 Å². The molecular formula is C18H38N4O. The molecular weight excluding hydrogens is 288 g/mol. The number of guanidine groups is 1. The number of morpholine rings is 1. The number of unbranched alkanes of at least 4 members (excludes halogenated alkanes) is 1. The zero-order valence-electron chi connectivity index (χ0n) is 16.0. The molecule has 0 bridgehead atoms. The van der Waals surface area contributed by atoms with Gasteiger partial charge in [-0.2, -0.15) is 0 Å². The highest BCUT2D eigenvalue weighted by atomic mass is 16.5. The molecule has 0 amide bonds. The van der Waals surface area contributed by atoms with Crippen LogP contribution in [-0.2, 0) is 4.74 Å². The largest absolute Gasteiger partial charge is 0.379 e. The summed E-state index contributed by atoms with van der Waals surface area (Å²) in [7, 11) is 2.14. The van der Waals surface area contributed by atoms with Gasteiger partial charge in [-0.3, -0.25) is 9.89 Å². The van der Waals surface area contributed by atoms with Crippen molar-refractivity contribution < 1.29 is 4.74 Å². The van der Waals surface area contributed by atoms with Gasteiger partial charge in [0.05, 0.1) is 19.8 Å². The van der Waals surface area contributed by atoms with Crippen LogP contribution >= 0.6 is 0 Å². The van der Waals surface area contributed by atoms with Gasteiger partial charge in [0.15, 0.2) is 5.96 Å². The minimum atomic E-state index is 0.520. The number of nitrogens with one attached hydrogen (secondary N) is 1. The zero-order valence-corrected chi connectivity index (χ0v) is 16.0. The molecule has 1 saturated heterocycles. The van der Waals surface area contributed by atoms with Gasteiger partial charge in [-0.25, -0.2) is 0 Å². The second kappa shape index (κ2) is 11.7. The molecule has 1 rings (SSSR count). The van der Waals surface area contributed by atoms with Crippen LogP contribution in [0.1, 0.15) is 47.0 Å². The fourth-order valence-corrected chi connectivity index (χ4v) is 2.99. The molecule has 1 unspecified atom stereocenters. The van der Waals surface area contributed by atoms with Crippen LogP contribution < -0.4 is 5.32 Å². The van der Waals surface area contributed by atoms with Gasteiger partial charge in [-0.15, -0.1) is 0 Å². The highest BCUT2D eigenvalue weighted by molar-refractivity contribution is 5.79. The molecule has 0 aromatic heterocycles. The highest BCUT2D eigenvalue weighted by Crippen LogP contribution is 2.14. The number of rotatable bonds is 9. The predicted octanol–water partition coefficient (Wildman–Crippen LogP) is 2.43. The molecule has 0 radical (unpaired) electrons. The first-order valence-electron chi connectivity index (χ1n) is 9.39. The zero-order chi connectivity index (χ0) is 17.1. The molecule has 0 aromatic carbocycles. The molecule has 0 spiro atoms. The maximum atomic E-state index is 5.50. The second-order valence-electron chi connectivity index (χ2n) is 6.90. The first-order chi connectivity index (χ1) is 11.1. The summed E-state index contributed by atoms with van der Waals surface area (Å²) < 4.78 is 5.50. The summed E-state index contributed by atoms with van der Waals surface area (Å²) in [6.07, 6.45) is 3.62. The minimum absolute atomic E-state index is 0.520. The molecule has 1 atom stereocenters. The minimum Gasteiger partial charge on any atom is -0.379 e. The van der Waals surface area contributed by atoms with E-state index < -0.39 is 0 Å². The van der Waals surface area contributed by atoms with E-state index in [2.05, 4.69) is 49.9 Å². The lowest BCUT2D eigenvalue weighted by Crippen LogP contribution is -2.46. The van der Waals surface area contributed by atoms with Gasteiger partial charge >= 0.3 is 0 Å². The number of aliphatic imine (C=N–C) groups is 1. The van der Waals surface area contributed by atoms with Crippen molar-refractivity contribution >= 4 is 5.96 Å². The van der Waals surface area contributed by atoms with E-state index in [1.165, 1.54) is 19.3 Å². The van der Waals surface area contributed by atoms with Crippen molar-refractivity contribution in [3.05, 3.63) is 0 Å². The molecule has 5 nitrogen and oxygen atoms in total. The van der Waals surface area contributed by atoms with Crippen LogP contribution in [0.5, 0.6) is 0 Å². The Kier molecular flexibility index (Phi) is 10.3. The molecule has 0 saturated carbocycles. The first-order valence-corrected chi connectivity index (χ1v) is 9.39. The molecule has 0 aromatic rings. The number of hydrogen-bond donors (Lipinski definition) is 1. The van der Waals surface area contributed by atoms with E-state index in [-0.39, 0.29) is 0 Å². The summed E-state index contributed by atoms with van der Waals surface area (Å²) in [5.74, 6) is 1.74. The maximum absolute atomic E-state index is 5.50. The lowest BCUT2D eigenvalue weighted by molar-refractivity contribution is 0.0142. The fourth-order valence-electron chi connectivity index (χ4n) is 2.99. The summed E-state index contributed by atoms with van der Waals surface area (Å²) >= 11 is 0. The Balaban J connectivity index is 2.68. The van der Waals surface area contributed by atoms with Gasteiger partial charge in [-0.05, 0) is 25.7 Å². The molecule has 1 N–H and O–H groups in total. The average molecular weight is 327 g/mol. The van der Waals surface area contributed by atoms with Crippen LogP contribution in [0.4, 0.5) is 0 Å². The number of hydrogen-bond acceptors (Lipinski definition) is 3. The maximum Gasteiger partial charge on any atom is 0.193 e. The van der Waals surface area contributed by atoms with Gasteiger partial charge in [-0.1, -0.05) is 27.2 Å². The van der Waals surface area contributed by atoms with Crippen molar-refractivity contribution in [3.63, 3.8) is 0 Å². The van der Waals surface area contributed by atoms with Crippen molar-refractivity contribution in [2.75, 3.05) is 53.0 Å². The Morgan fingerprint density at radius 2 is 1.96 bits per heavy atom. The van der Waals surface area contributed by atoms with E-state index in [1.54, 1.807) is 0 Å². The average Bonchev–Trinajstić information content (AvgIpc) is 2.55. The summed E-state index contributed by atoms with van der Waals surface area (Å²) in [6.45, 7) is 15.6. The normalized spacial score (nSPS) is 18.3. The Bertz CT molecular complexity index is 327. The molecule has 1 fully saturated rings. The Labute approximate surface area is 143 Å². The Morgan fingerprint density at radius 1 is 1.26 bits per heavy atom. The summed E-state index contributed by atoms with van der Waals surface area (Å²) in [5, 5.41) is 3.44. The predicted molar refractivity (Wildman–Crippen MR) is 99.2 cm³/mol. The van der Waals surface area contributed by atoms with Crippen LogP contribution in [0.3, 0.4) is 0 Å². The van der Waals surface area contributed by atoms with Gasteiger partial charge < -0.3 is 15.0 Å². The van der Waals surface area contributed by atoms with Crippen molar-refractivity contribution in [2.24, 2.45) is 10.9 Å². The van der Waals surface area contributed by atoms with Gasteiger partial charge in [0, 0.05) is 39.3 Å². The monoisotopic (exact) mass is 326 g/mol. The lowest BCUT2D eigenvalue weighted by atomic mass is 10.0. The Hall–Kier alpha value is -0.810. The van der Waals surface area contributed by atoms with Crippen molar-refractivity contribution in [1.82, 2.24) is 15.1 Å². The molecule has 23 heavy (non-hydrogen) atoms. The topological polar surface area (TPSA) is 40.1 Å². The standard InChI is InChI=1S/C18H38N4O/c1-6-8-9-21(5)18(19-7-2)20-15-17(14-16(3)4)22-10-12-23-13-11-22/h16-17H,6-15H2,1-5H3,(H,19,20). The van der Waals surface area contributed by atoms with E-state index in [4.69, 9.17) is 9.73 Å². The highest BCUT2D eigenvalue weighted by Gasteiger charge is 2.22. The van der Waals surface area contributed by atoms with Crippen molar-refractivity contribution in [1.29, 1.82) is 0 Å². The smallest absolute Gasteiger partial charge is 0.193 e. The van der Waals surface area contributed by atoms with E-state index >= 15 is 0 Å². The molecule has 1 aliphatic heterocycles. The van der Waals surface area contributed by atoms with E-state index in [0.29, 0.717) is 12.0 Å². The fraction of sp³-hybridized carbons (Fsp3) is 0.944. The summed E-state index contributed by atoms with van der Waals surface area (Å²) in [5.41, 5.74) is 0. The lowest BCUT2D eigenvalue weighted by Gasteiger charge is -2.35. The summed E-state index contributed by atoms with van der Waals surface area (Å²) in [6, 6.07) is 0.520. The molecule has 0 aliphatic carbocycles. The van der Waals surface area contributed by atoms with Crippen LogP contribution in [-0.4, -0.2) is 74.8 Å². The number of ether oxygens (including phenoxy) is 1. The SMILES string of the molecule is CCCCN(C)C(=NCC(CC(C)C)N1CCOCC1)NCC. The summed E-state index contributed by atoms with van der Waals surface area (Å²) in [4.78, 5) is 9.76. The quantitative estimate of drug-likeness (QED) is 0.522. The third kappa shape index (κ3) is 8.02. The number of nitrogens with zero attached hydrogens (tertiary/aromatic N) is 3. The van der Waals surface area contributed by atoms with E-state index in [1.807, 2.05) is 0 Å². The van der Waals surface area contributed by atoms with Crippen LogP contribution in [0.25, 0.3) is 0 Å². The van der Waals surface area contributed by atoms with Crippen LogP contribution in [0, 0.1) is 5.92 Å². The Morgan fingerprint density at radius 3 is 2.52 bits per heavy atom. The third-order valence-corrected chi connectivity index (χ3v) is 4.30. The van der Waals surface area contributed by atoms with E-state index in [9.17, 15) is 0 Å². The van der Waals surface area contributed by atoms with Gasteiger partial charge in [0.2, 0.25) is 0 Å². The molecule has 1 aliphatic rings. The molecule has 136 valence electrons. The van der Waals surface area contributed by atoms with Crippen molar-refractivity contribution in [2.45, 2.75) is 53.0 Å². The van der Waals surface area contributed by atoms with Crippen molar-refractivity contribution in [3.8, 4) is 0 Å².